The zero-order valence-corrected chi connectivity index (χ0v) is 13.2. The van der Waals surface area contributed by atoms with Gasteiger partial charge in [0.15, 0.2) is 5.13 Å². The third kappa shape index (κ3) is 2.36. The molecular formula is C17H14ClN3S. The highest BCUT2D eigenvalue weighted by molar-refractivity contribution is 7.19. The summed E-state index contributed by atoms with van der Waals surface area (Å²) in [6.07, 6.45) is 2.01. The number of anilines is 1. The number of rotatable bonds is 2. The monoisotopic (exact) mass is 327 g/mol. The number of nitrogens with two attached hydrogens (primary N) is 1. The third-order valence-electron chi connectivity index (χ3n) is 3.52. The molecule has 0 unspecified atom stereocenters. The van der Waals surface area contributed by atoms with Gasteiger partial charge in [-0.2, -0.15) is 0 Å². The molecular weight excluding hydrogens is 314 g/mol. The number of nitrogens with zero attached hydrogens (tertiary/aromatic N) is 1. The normalized spacial score (nSPS) is 10.5. The van der Waals surface area contributed by atoms with Crippen LogP contribution < -0.4 is 5.73 Å². The lowest BCUT2D eigenvalue weighted by atomic mass is 10.1. The molecule has 0 saturated heterocycles. The molecule has 0 saturated carbocycles. The maximum Gasteiger partial charge on any atom is 0.181 e. The van der Waals surface area contributed by atoms with Gasteiger partial charge < -0.3 is 10.7 Å². The molecule has 0 aliphatic rings. The summed E-state index contributed by atoms with van der Waals surface area (Å²) in [5.74, 6) is 0. The van der Waals surface area contributed by atoms with Crippen molar-refractivity contribution < 1.29 is 0 Å². The highest BCUT2D eigenvalue weighted by atomic mass is 35.5. The van der Waals surface area contributed by atoms with Crippen LogP contribution >= 0.6 is 23.7 Å². The minimum atomic E-state index is 0. The lowest BCUT2D eigenvalue weighted by Gasteiger charge is -2.01. The van der Waals surface area contributed by atoms with Crippen molar-refractivity contribution in [2.24, 2.45) is 0 Å². The Labute approximate surface area is 138 Å². The second kappa shape index (κ2) is 5.83. The number of thiazole rings is 1. The second-order valence-corrected chi connectivity index (χ2v) is 5.87. The van der Waals surface area contributed by atoms with Gasteiger partial charge in [-0.05, 0) is 11.6 Å². The number of H-pyrrole nitrogens is 1. The fraction of sp³-hybridized carbons (Fsp3) is 0. The van der Waals surface area contributed by atoms with Crippen molar-refractivity contribution in [3.05, 3.63) is 60.8 Å². The van der Waals surface area contributed by atoms with E-state index in [0.717, 1.165) is 27.2 Å². The number of nitrogen functional groups attached to an aromatic ring is 1. The SMILES string of the molecule is Cl.Nc1nc(-c2c[nH]c3ccccc23)c(-c2ccccc2)s1. The number of fused-ring (bicyclic) bond motifs is 1. The van der Waals surface area contributed by atoms with Gasteiger partial charge in [0.05, 0.1) is 10.6 Å². The summed E-state index contributed by atoms with van der Waals surface area (Å²) in [4.78, 5) is 8.96. The van der Waals surface area contributed by atoms with E-state index < -0.39 is 0 Å². The average molecular weight is 328 g/mol. The number of hydrogen-bond donors (Lipinski definition) is 2. The van der Waals surface area contributed by atoms with Crippen LogP contribution in [0.15, 0.2) is 60.8 Å². The van der Waals surface area contributed by atoms with Crippen LogP contribution in [0.25, 0.3) is 32.6 Å². The zero-order valence-electron chi connectivity index (χ0n) is 11.6. The van der Waals surface area contributed by atoms with Crippen LogP contribution in [0.3, 0.4) is 0 Å². The largest absolute Gasteiger partial charge is 0.375 e. The summed E-state index contributed by atoms with van der Waals surface area (Å²) in [6.45, 7) is 0. The van der Waals surface area contributed by atoms with E-state index in [-0.39, 0.29) is 12.4 Å². The number of hydrogen-bond acceptors (Lipinski definition) is 3. The highest BCUT2D eigenvalue weighted by Gasteiger charge is 2.16. The van der Waals surface area contributed by atoms with Gasteiger partial charge in [0.1, 0.15) is 0 Å². The first-order valence-electron chi connectivity index (χ1n) is 6.71. The van der Waals surface area contributed by atoms with Gasteiger partial charge in [0.25, 0.3) is 0 Å². The van der Waals surface area contributed by atoms with E-state index >= 15 is 0 Å². The van der Waals surface area contributed by atoms with Gasteiger partial charge in [-0.15, -0.1) is 12.4 Å². The lowest BCUT2D eigenvalue weighted by Crippen LogP contribution is -1.83. The van der Waals surface area contributed by atoms with Crippen LogP contribution in [0.5, 0.6) is 0 Å². The van der Waals surface area contributed by atoms with Crippen molar-refractivity contribution in [1.82, 2.24) is 9.97 Å². The van der Waals surface area contributed by atoms with Gasteiger partial charge in [-0.25, -0.2) is 4.98 Å². The summed E-state index contributed by atoms with van der Waals surface area (Å²) in [5.41, 5.74) is 10.3. The lowest BCUT2D eigenvalue weighted by molar-refractivity contribution is 1.40. The van der Waals surface area contributed by atoms with E-state index in [1.165, 1.54) is 16.7 Å². The van der Waals surface area contributed by atoms with Crippen molar-refractivity contribution in [3.8, 4) is 21.7 Å². The van der Waals surface area contributed by atoms with Crippen LogP contribution in [-0.4, -0.2) is 9.97 Å². The molecule has 0 radical (unpaired) electrons. The molecule has 5 heteroatoms. The van der Waals surface area contributed by atoms with Gasteiger partial charge in [0, 0.05) is 22.7 Å². The van der Waals surface area contributed by atoms with Crippen LogP contribution in [0.1, 0.15) is 0 Å². The first-order chi connectivity index (χ1) is 10.3. The molecule has 2 heterocycles. The molecule has 3 nitrogen and oxygen atoms in total. The van der Waals surface area contributed by atoms with Crippen LogP contribution in [0, 0.1) is 0 Å². The predicted octanol–water partition coefficient (Wildman–Crippen LogP) is 4.96. The molecule has 2 aromatic carbocycles. The van der Waals surface area contributed by atoms with E-state index in [4.69, 9.17) is 5.73 Å². The number of halogens is 1. The van der Waals surface area contributed by atoms with Crippen LogP contribution in [-0.2, 0) is 0 Å². The standard InChI is InChI=1S/C17H13N3S.ClH/c18-17-20-15(16(21-17)11-6-2-1-3-7-11)13-10-19-14-9-5-4-8-12(13)14;/h1-10,19H,(H2,18,20);1H. The average Bonchev–Trinajstić information content (AvgIpc) is 3.11. The second-order valence-electron chi connectivity index (χ2n) is 4.84. The van der Waals surface area contributed by atoms with E-state index in [1.54, 1.807) is 0 Å². The molecule has 0 amide bonds. The van der Waals surface area contributed by atoms with Crippen molar-refractivity contribution in [3.63, 3.8) is 0 Å². The van der Waals surface area contributed by atoms with Crippen LogP contribution in [0.2, 0.25) is 0 Å². The van der Waals surface area contributed by atoms with Crippen molar-refractivity contribution in [1.29, 1.82) is 0 Å². The zero-order chi connectivity index (χ0) is 14.2. The fourth-order valence-corrected chi connectivity index (χ4v) is 3.42. The number of aromatic nitrogens is 2. The number of para-hydroxylation sites is 1. The van der Waals surface area contributed by atoms with Crippen molar-refractivity contribution in [2.45, 2.75) is 0 Å². The first kappa shape index (κ1) is 14.6. The number of nitrogens with one attached hydrogen (secondary N) is 1. The van der Waals surface area contributed by atoms with Crippen LogP contribution in [0.4, 0.5) is 5.13 Å². The van der Waals surface area contributed by atoms with Gasteiger partial charge in [-0.3, -0.25) is 0 Å². The summed E-state index contributed by atoms with van der Waals surface area (Å²) >= 11 is 1.53. The van der Waals surface area contributed by atoms with E-state index in [2.05, 4.69) is 34.2 Å². The molecule has 22 heavy (non-hydrogen) atoms. The molecule has 0 fully saturated rings. The summed E-state index contributed by atoms with van der Waals surface area (Å²) in [5, 5.41) is 1.76. The number of benzene rings is 2. The maximum atomic E-state index is 5.96. The molecule has 4 rings (SSSR count). The maximum absolute atomic E-state index is 5.96. The Morgan fingerprint density at radius 1 is 0.955 bits per heavy atom. The summed E-state index contributed by atoms with van der Waals surface area (Å²) < 4.78 is 0. The molecule has 0 atom stereocenters. The van der Waals surface area contributed by atoms with E-state index in [1.807, 2.05) is 36.5 Å². The minimum absolute atomic E-state index is 0. The van der Waals surface area contributed by atoms with Gasteiger partial charge in [0.2, 0.25) is 0 Å². The molecule has 3 N–H and O–H groups in total. The third-order valence-corrected chi connectivity index (χ3v) is 4.46. The smallest absolute Gasteiger partial charge is 0.181 e. The van der Waals surface area contributed by atoms with Gasteiger partial charge in [-0.1, -0.05) is 59.9 Å². The molecule has 0 bridgehead atoms. The molecule has 0 aliphatic heterocycles. The molecule has 4 aromatic rings. The molecule has 2 aromatic heterocycles. The number of aromatic amines is 1. The Kier molecular flexibility index (Phi) is 3.88. The van der Waals surface area contributed by atoms with Crippen molar-refractivity contribution in [2.75, 3.05) is 5.73 Å². The Balaban J connectivity index is 0.00000144. The van der Waals surface area contributed by atoms with Crippen molar-refractivity contribution >= 4 is 39.8 Å². The van der Waals surface area contributed by atoms with E-state index in [9.17, 15) is 0 Å². The Bertz CT molecular complexity index is 912. The summed E-state index contributed by atoms with van der Waals surface area (Å²) in [6, 6.07) is 18.5. The quantitative estimate of drug-likeness (QED) is 0.546. The molecule has 110 valence electrons. The van der Waals surface area contributed by atoms with Gasteiger partial charge >= 0.3 is 0 Å². The summed E-state index contributed by atoms with van der Waals surface area (Å²) in [7, 11) is 0. The molecule has 0 spiro atoms. The minimum Gasteiger partial charge on any atom is -0.375 e. The fourth-order valence-electron chi connectivity index (χ4n) is 2.57. The Morgan fingerprint density at radius 2 is 1.68 bits per heavy atom. The predicted molar refractivity (Wildman–Crippen MR) is 96.5 cm³/mol. The highest BCUT2D eigenvalue weighted by Crippen LogP contribution is 2.40. The Hall–Kier alpha value is -2.30. The topological polar surface area (TPSA) is 54.7 Å². The van der Waals surface area contributed by atoms with E-state index in [0.29, 0.717) is 5.13 Å². The molecule has 0 aliphatic carbocycles. The Morgan fingerprint density at radius 3 is 2.50 bits per heavy atom. The first-order valence-corrected chi connectivity index (χ1v) is 7.53.